The van der Waals surface area contributed by atoms with Crippen molar-refractivity contribution in [3.8, 4) is 5.88 Å². The van der Waals surface area contributed by atoms with Crippen molar-refractivity contribution in [2.45, 2.75) is 27.3 Å². The van der Waals surface area contributed by atoms with E-state index in [9.17, 15) is 5.11 Å². The Hall–Kier alpha value is -2.62. The van der Waals surface area contributed by atoms with Crippen LogP contribution in [0.25, 0.3) is 10.9 Å². The summed E-state index contributed by atoms with van der Waals surface area (Å²) in [6.07, 6.45) is 0. The predicted octanol–water partition coefficient (Wildman–Crippen LogP) is 5.40. The molecule has 112 valence electrons. The van der Waals surface area contributed by atoms with Crippen LogP contribution < -0.4 is 0 Å². The van der Waals surface area contributed by atoms with Crippen LogP contribution in [0.3, 0.4) is 0 Å². The van der Waals surface area contributed by atoms with E-state index in [1.807, 2.05) is 67.8 Å². The fourth-order valence-electron chi connectivity index (χ4n) is 2.58. The van der Waals surface area contributed by atoms with E-state index in [4.69, 9.17) is 0 Å². The molecule has 0 saturated heterocycles. The molecule has 3 rings (SSSR count). The lowest BCUT2D eigenvalue weighted by Crippen LogP contribution is -1.91. The van der Waals surface area contributed by atoms with Gasteiger partial charge in [-0.3, -0.25) is 0 Å². The fraction of sp³-hybridized carbons (Fsp3) is 0.222. The summed E-state index contributed by atoms with van der Waals surface area (Å²) < 4.78 is 1.85. The van der Waals surface area contributed by atoms with Crippen molar-refractivity contribution in [1.29, 1.82) is 0 Å². The summed E-state index contributed by atoms with van der Waals surface area (Å²) in [5, 5.41) is 19.9. The summed E-state index contributed by atoms with van der Waals surface area (Å²) in [5.74, 6) is 0.166. The highest BCUT2D eigenvalue weighted by Crippen LogP contribution is 2.39. The number of fused-ring (bicyclic) bond motifs is 1. The highest BCUT2D eigenvalue weighted by molar-refractivity contribution is 5.95. The minimum absolute atomic E-state index is 0.166. The average Bonchev–Trinajstić information content (AvgIpc) is 2.77. The third-order valence-electron chi connectivity index (χ3n) is 3.78. The number of nitrogens with zero attached hydrogens (tertiary/aromatic N) is 3. The SMILES string of the molecule is CCn1c(O)c(N=Nc2ccc(C)cc2)c2cc(C)ccc21. The Morgan fingerprint density at radius 1 is 0.955 bits per heavy atom. The van der Waals surface area contributed by atoms with E-state index in [1.165, 1.54) is 5.56 Å². The Morgan fingerprint density at radius 2 is 1.64 bits per heavy atom. The molecule has 1 aromatic heterocycles. The van der Waals surface area contributed by atoms with E-state index in [-0.39, 0.29) is 5.88 Å². The Balaban J connectivity index is 2.11. The second kappa shape index (κ2) is 5.64. The molecule has 0 aliphatic carbocycles. The summed E-state index contributed by atoms with van der Waals surface area (Å²) in [6, 6.07) is 13.9. The first-order chi connectivity index (χ1) is 10.6. The molecule has 0 aliphatic rings. The van der Waals surface area contributed by atoms with Gasteiger partial charge in [0.25, 0.3) is 0 Å². The topological polar surface area (TPSA) is 49.9 Å². The van der Waals surface area contributed by atoms with E-state index >= 15 is 0 Å². The van der Waals surface area contributed by atoms with Gasteiger partial charge in [0.2, 0.25) is 5.88 Å². The molecule has 0 saturated carbocycles. The first kappa shape index (κ1) is 14.3. The molecular weight excluding hydrogens is 274 g/mol. The number of aryl methyl sites for hydroxylation is 3. The Morgan fingerprint density at radius 3 is 2.32 bits per heavy atom. The van der Waals surface area contributed by atoms with E-state index in [2.05, 4.69) is 10.2 Å². The molecule has 1 N–H and O–H groups in total. The smallest absolute Gasteiger partial charge is 0.220 e. The summed E-state index contributed by atoms with van der Waals surface area (Å²) in [4.78, 5) is 0. The van der Waals surface area contributed by atoms with Gasteiger partial charge in [-0.1, -0.05) is 29.3 Å². The normalized spacial score (nSPS) is 11.6. The van der Waals surface area contributed by atoms with E-state index in [0.717, 1.165) is 22.2 Å². The van der Waals surface area contributed by atoms with Gasteiger partial charge >= 0.3 is 0 Å². The van der Waals surface area contributed by atoms with Crippen molar-refractivity contribution >= 4 is 22.3 Å². The third kappa shape index (κ3) is 2.48. The number of aromatic hydroxyl groups is 1. The summed E-state index contributed by atoms with van der Waals surface area (Å²) >= 11 is 0. The first-order valence-corrected chi connectivity index (χ1v) is 7.40. The molecule has 0 spiro atoms. The lowest BCUT2D eigenvalue weighted by atomic mass is 10.1. The van der Waals surface area contributed by atoms with Crippen molar-refractivity contribution in [3.05, 3.63) is 53.6 Å². The van der Waals surface area contributed by atoms with Crippen molar-refractivity contribution < 1.29 is 5.11 Å². The average molecular weight is 293 g/mol. The van der Waals surface area contributed by atoms with Crippen LogP contribution in [0.4, 0.5) is 11.4 Å². The summed E-state index contributed by atoms with van der Waals surface area (Å²) in [5.41, 5.74) is 4.59. The molecule has 4 nitrogen and oxygen atoms in total. The number of azo groups is 1. The van der Waals surface area contributed by atoms with Crippen LogP contribution in [0, 0.1) is 13.8 Å². The zero-order valence-electron chi connectivity index (χ0n) is 13.0. The molecule has 3 aromatic rings. The zero-order valence-corrected chi connectivity index (χ0v) is 13.0. The second-order valence-electron chi connectivity index (χ2n) is 5.47. The van der Waals surface area contributed by atoms with Gasteiger partial charge in [-0.05, 0) is 45.0 Å². The maximum absolute atomic E-state index is 10.4. The molecular formula is C18H19N3O. The highest BCUT2D eigenvalue weighted by atomic mass is 16.3. The van der Waals surface area contributed by atoms with Crippen LogP contribution in [0.2, 0.25) is 0 Å². The van der Waals surface area contributed by atoms with Gasteiger partial charge in [-0.15, -0.1) is 5.11 Å². The minimum atomic E-state index is 0.166. The molecule has 0 atom stereocenters. The van der Waals surface area contributed by atoms with E-state index in [0.29, 0.717) is 12.2 Å². The van der Waals surface area contributed by atoms with Crippen molar-refractivity contribution in [1.82, 2.24) is 4.57 Å². The molecule has 0 amide bonds. The molecule has 0 aliphatic heterocycles. The molecule has 2 aromatic carbocycles. The zero-order chi connectivity index (χ0) is 15.7. The molecule has 22 heavy (non-hydrogen) atoms. The van der Waals surface area contributed by atoms with Crippen molar-refractivity contribution in [2.75, 3.05) is 0 Å². The van der Waals surface area contributed by atoms with Gasteiger partial charge in [0.1, 0.15) is 0 Å². The van der Waals surface area contributed by atoms with Crippen LogP contribution in [-0.2, 0) is 6.54 Å². The largest absolute Gasteiger partial charge is 0.493 e. The van der Waals surface area contributed by atoms with Crippen LogP contribution in [-0.4, -0.2) is 9.67 Å². The van der Waals surface area contributed by atoms with E-state index in [1.54, 1.807) is 0 Å². The first-order valence-electron chi connectivity index (χ1n) is 7.40. The monoisotopic (exact) mass is 293 g/mol. The van der Waals surface area contributed by atoms with Crippen molar-refractivity contribution in [2.24, 2.45) is 10.2 Å². The highest BCUT2D eigenvalue weighted by Gasteiger charge is 2.15. The van der Waals surface area contributed by atoms with E-state index < -0.39 is 0 Å². The summed E-state index contributed by atoms with van der Waals surface area (Å²) in [6.45, 7) is 6.75. The van der Waals surface area contributed by atoms with Crippen LogP contribution in [0.5, 0.6) is 5.88 Å². The second-order valence-corrected chi connectivity index (χ2v) is 5.47. The van der Waals surface area contributed by atoms with Crippen molar-refractivity contribution in [3.63, 3.8) is 0 Å². The van der Waals surface area contributed by atoms with Gasteiger partial charge in [0.05, 0.1) is 11.2 Å². The fourth-order valence-corrected chi connectivity index (χ4v) is 2.58. The molecule has 0 radical (unpaired) electrons. The standard InChI is InChI=1S/C18H19N3O/c1-4-21-16-10-7-13(3)11-15(16)17(18(21)22)20-19-14-8-5-12(2)6-9-14/h5-11,22H,4H2,1-3H3. The molecule has 0 fully saturated rings. The van der Waals surface area contributed by atoms with Gasteiger partial charge in [0.15, 0.2) is 5.69 Å². The minimum Gasteiger partial charge on any atom is -0.493 e. The third-order valence-corrected chi connectivity index (χ3v) is 3.78. The Bertz CT molecular complexity index is 845. The number of rotatable bonds is 3. The summed E-state index contributed by atoms with van der Waals surface area (Å²) in [7, 11) is 0. The Kier molecular flexibility index (Phi) is 3.67. The lowest BCUT2D eigenvalue weighted by Gasteiger charge is -2.01. The molecule has 0 unspecified atom stereocenters. The van der Waals surface area contributed by atoms with Gasteiger partial charge in [0, 0.05) is 11.9 Å². The number of hydrogen-bond acceptors (Lipinski definition) is 3. The maximum atomic E-state index is 10.4. The predicted molar refractivity (Wildman–Crippen MR) is 89.4 cm³/mol. The number of benzene rings is 2. The quantitative estimate of drug-likeness (QED) is 0.646. The van der Waals surface area contributed by atoms with Crippen LogP contribution >= 0.6 is 0 Å². The molecule has 1 heterocycles. The van der Waals surface area contributed by atoms with Crippen LogP contribution in [0.1, 0.15) is 18.1 Å². The number of hydrogen-bond donors (Lipinski definition) is 1. The maximum Gasteiger partial charge on any atom is 0.220 e. The van der Waals surface area contributed by atoms with Gasteiger partial charge in [-0.2, -0.15) is 5.11 Å². The van der Waals surface area contributed by atoms with Crippen LogP contribution in [0.15, 0.2) is 52.7 Å². The number of aromatic nitrogens is 1. The lowest BCUT2D eigenvalue weighted by molar-refractivity contribution is 0.427. The Labute approximate surface area is 129 Å². The van der Waals surface area contributed by atoms with Gasteiger partial charge in [-0.25, -0.2) is 0 Å². The van der Waals surface area contributed by atoms with Gasteiger partial charge < -0.3 is 9.67 Å². The molecule has 4 heteroatoms. The molecule has 0 bridgehead atoms.